The monoisotopic (exact) mass is 567 g/mol. The highest BCUT2D eigenvalue weighted by atomic mass is 16.6. The molecule has 1 aromatic heterocycles. The molecule has 0 radical (unpaired) electrons. The number of fused-ring (bicyclic) bond motifs is 3. The standard InChI is InChI=1S/C35H37NO6/c1-2-3-4-11-17-26-21-29-27-18-12-19-28(27)33(37)42-32(29)22-31(26)41-34(38)30(20-24-13-7-5-8-14-24)36-35(39)40-23-25-15-9-6-10-16-25/h5-10,13-16,21-22,30H,2-4,11-12,17-20,23H2,1H3,(H,36,39). The van der Waals surface area contributed by atoms with Gasteiger partial charge in [0.2, 0.25) is 0 Å². The molecule has 1 heterocycles. The molecule has 42 heavy (non-hydrogen) atoms. The zero-order valence-corrected chi connectivity index (χ0v) is 24.0. The lowest BCUT2D eigenvalue weighted by atomic mass is 9.99. The van der Waals surface area contributed by atoms with Crippen LogP contribution >= 0.6 is 0 Å². The zero-order valence-electron chi connectivity index (χ0n) is 24.0. The minimum Gasteiger partial charge on any atom is -0.445 e. The maximum absolute atomic E-state index is 13.7. The SMILES string of the molecule is CCCCCCc1cc2c3c(c(=O)oc2cc1OC(=O)C(Cc1ccccc1)NC(=O)OCc1ccccc1)CCC3. The van der Waals surface area contributed by atoms with Crippen LogP contribution in [0.3, 0.4) is 0 Å². The number of aryl methyl sites for hydroxylation is 2. The maximum Gasteiger partial charge on any atom is 0.408 e. The van der Waals surface area contributed by atoms with E-state index in [1.54, 1.807) is 6.07 Å². The zero-order chi connectivity index (χ0) is 29.3. The number of esters is 1. The van der Waals surface area contributed by atoms with E-state index in [9.17, 15) is 14.4 Å². The Morgan fingerprint density at radius 3 is 2.36 bits per heavy atom. The predicted octanol–water partition coefficient (Wildman–Crippen LogP) is 6.85. The van der Waals surface area contributed by atoms with Crippen LogP contribution in [0.15, 0.2) is 82.0 Å². The highest BCUT2D eigenvalue weighted by molar-refractivity contribution is 5.87. The first kappa shape index (κ1) is 29.1. The van der Waals surface area contributed by atoms with Crippen molar-refractivity contribution >= 4 is 23.0 Å². The van der Waals surface area contributed by atoms with Gasteiger partial charge in [-0.05, 0) is 60.4 Å². The van der Waals surface area contributed by atoms with E-state index in [4.69, 9.17) is 13.9 Å². The summed E-state index contributed by atoms with van der Waals surface area (Å²) in [6.45, 7) is 2.25. The van der Waals surface area contributed by atoms with Crippen molar-refractivity contribution in [3.05, 3.63) is 111 Å². The minimum absolute atomic E-state index is 0.0791. The lowest BCUT2D eigenvalue weighted by Crippen LogP contribution is -2.44. The maximum atomic E-state index is 13.7. The molecule has 4 aromatic rings. The van der Waals surface area contributed by atoms with Gasteiger partial charge in [-0.15, -0.1) is 0 Å². The molecule has 1 N–H and O–H groups in total. The molecule has 0 saturated heterocycles. The predicted molar refractivity (Wildman–Crippen MR) is 162 cm³/mol. The van der Waals surface area contributed by atoms with Crippen molar-refractivity contribution in [2.45, 2.75) is 77.4 Å². The molecule has 3 aromatic carbocycles. The van der Waals surface area contributed by atoms with Gasteiger partial charge in [0.1, 0.15) is 24.0 Å². The number of unbranched alkanes of at least 4 members (excludes halogenated alkanes) is 3. The first-order chi connectivity index (χ1) is 20.5. The van der Waals surface area contributed by atoms with E-state index in [2.05, 4.69) is 12.2 Å². The van der Waals surface area contributed by atoms with Gasteiger partial charge in [0.25, 0.3) is 0 Å². The van der Waals surface area contributed by atoms with Gasteiger partial charge in [0.05, 0.1) is 0 Å². The number of carbonyl (C=O) groups excluding carboxylic acids is 2. The molecule has 7 nitrogen and oxygen atoms in total. The summed E-state index contributed by atoms with van der Waals surface area (Å²) in [5.74, 6) is -0.268. The summed E-state index contributed by atoms with van der Waals surface area (Å²) in [7, 11) is 0. The van der Waals surface area contributed by atoms with Crippen molar-refractivity contribution in [3.63, 3.8) is 0 Å². The molecule has 218 valence electrons. The van der Waals surface area contributed by atoms with Crippen LogP contribution < -0.4 is 15.7 Å². The Bertz CT molecular complexity index is 1580. The van der Waals surface area contributed by atoms with Gasteiger partial charge in [0.15, 0.2) is 0 Å². The second kappa shape index (κ2) is 14.0. The molecule has 7 heteroatoms. The van der Waals surface area contributed by atoms with Gasteiger partial charge in [-0.3, -0.25) is 0 Å². The Balaban J connectivity index is 1.40. The number of hydrogen-bond acceptors (Lipinski definition) is 6. The van der Waals surface area contributed by atoms with Crippen LogP contribution in [0.1, 0.15) is 66.8 Å². The first-order valence-electron chi connectivity index (χ1n) is 14.9. The molecule has 1 atom stereocenters. The summed E-state index contributed by atoms with van der Waals surface area (Å²) in [5.41, 5.74) is 4.47. The lowest BCUT2D eigenvalue weighted by Gasteiger charge is -2.19. The molecule has 0 spiro atoms. The number of alkyl carbamates (subject to hydrolysis) is 1. The number of carbonyl (C=O) groups is 2. The van der Waals surface area contributed by atoms with Crippen molar-refractivity contribution in [1.29, 1.82) is 0 Å². The third-order valence-corrected chi connectivity index (χ3v) is 7.74. The third-order valence-electron chi connectivity index (χ3n) is 7.74. The van der Waals surface area contributed by atoms with Gasteiger partial charge in [-0.2, -0.15) is 0 Å². The second-order valence-corrected chi connectivity index (χ2v) is 10.8. The molecule has 0 saturated carbocycles. The van der Waals surface area contributed by atoms with Crippen molar-refractivity contribution in [3.8, 4) is 5.75 Å². The molecule has 1 aliphatic carbocycles. The Morgan fingerprint density at radius 2 is 1.62 bits per heavy atom. The molecular weight excluding hydrogens is 530 g/mol. The van der Waals surface area contributed by atoms with E-state index in [0.29, 0.717) is 11.3 Å². The van der Waals surface area contributed by atoms with Crippen molar-refractivity contribution in [2.75, 3.05) is 0 Å². The molecular formula is C35H37NO6. The fourth-order valence-corrected chi connectivity index (χ4v) is 5.52. The Hall–Kier alpha value is -4.39. The molecule has 1 amide bonds. The lowest BCUT2D eigenvalue weighted by molar-refractivity contribution is -0.136. The van der Waals surface area contributed by atoms with Gasteiger partial charge in [-0.1, -0.05) is 86.8 Å². The van der Waals surface area contributed by atoms with Gasteiger partial charge < -0.3 is 19.2 Å². The van der Waals surface area contributed by atoms with Gasteiger partial charge in [-0.25, -0.2) is 14.4 Å². The number of amides is 1. The topological polar surface area (TPSA) is 94.8 Å². The van der Waals surface area contributed by atoms with Crippen LogP contribution in [-0.2, 0) is 41.8 Å². The number of nitrogens with one attached hydrogen (secondary N) is 1. The smallest absolute Gasteiger partial charge is 0.408 e. The number of rotatable bonds is 12. The summed E-state index contributed by atoms with van der Waals surface area (Å²) in [6, 6.07) is 21.5. The summed E-state index contributed by atoms with van der Waals surface area (Å²) in [4.78, 5) is 39.1. The molecule has 0 aliphatic heterocycles. The first-order valence-corrected chi connectivity index (χ1v) is 14.9. The van der Waals surface area contributed by atoms with E-state index < -0.39 is 18.1 Å². The van der Waals surface area contributed by atoms with Crippen molar-refractivity contribution < 1.29 is 23.5 Å². The van der Waals surface area contributed by atoms with Gasteiger partial charge in [0, 0.05) is 23.4 Å². The average Bonchev–Trinajstić information content (AvgIpc) is 3.51. The fourth-order valence-electron chi connectivity index (χ4n) is 5.52. The fraction of sp³-hybridized carbons (Fsp3) is 0.343. The third kappa shape index (κ3) is 7.27. The van der Waals surface area contributed by atoms with E-state index in [1.165, 1.54) is 0 Å². The summed E-state index contributed by atoms with van der Waals surface area (Å²) in [6.07, 6.45) is 6.97. The van der Waals surface area contributed by atoms with Crippen LogP contribution in [0, 0.1) is 0 Å². The van der Waals surface area contributed by atoms with E-state index in [0.717, 1.165) is 84.6 Å². The minimum atomic E-state index is -0.994. The van der Waals surface area contributed by atoms with E-state index in [1.807, 2.05) is 66.7 Å². The van der Waals surface area contributed by atoms with Crippen molar-refractivity contribution in [2.24, 2.45) is 0 Å². The number of hydrogen-bond donors (Lipinski definition) is 1. The van der Waals surface area contributed by atoms with Crippen LogP contribution in [0.25, 0.3) is 11.0 Å². The molecule has 1 unspecified atom stereocenters. The molecule has 0 bridgehead atoms. The van der Waals surface area contributed by atoms with E-state index in [-0.39, 0.29) is 18.7 Å². The Morgan fingerprint density at radius 1 is 0.905 bits per heavy atom. The highest BCUT2D eigenvalue weighted by Gasteiger charge is 2.27. The average molecular weight is 568 g/mol. The van der Waals surface area contributed by atoms with Crippen molar-refractivity contribution in [1.82, 2.24) is 5.32 Å². The molecule has 1 aliphatic rings. The van der Waals surface area contributed by atoms with E-state index >= 15 is 0 Å². The van der Waals surface area contributed by atoms with Crippen LogP contribution in [0.4, 0.5) is 4.79 Å². The summed E-state index contributed by atoms with van der Waals surface area (Å²) in [5, 5.41) is 3.62. The van der Waals surface area contributed by atoms with Crippen LogP contribution in [0.2, 0.25) is 0 Å². The van der Waals surface area contributed by atoms with Crippen LogP contribution in [-0.4, -0.2) is 18.1 Å². The number of ether oxygens (including phenoxy) is 2. The molecule has 0 fully saturated rings. The van der Waals surface area contributed by atoms with Gasteiger partial charge >= 0.3 is 17.7 Å². The number of benzene rings is 3. The Kier molecular flexibility index (Phi) is 9.70. The largest absolute Gasteiger partial charge is 0.445 e. The molecule has 5 rings (SSSR count). The Labute approximate surface area is 245 Å². The van der Waals surface area contributed by atoms with Crippen LogP contribution in [0.5, 0.6) is 5.75 Å². The summed E-state index contributed by atoms with van der Waals surface area (Å²) < 4.78 is 17.1. The quantitative estimate of drug-likeness (QED) is 0.0871. The summed E-state index contributed by atoms with van der Waals surface area (Å²) >= 11 is 0. The second-order valence-electron chi connectivity index (χ2n) is 10.8. The highest BCUT2D eigenvalue weighted by Crippen LogP contribution is 2.33. The normalized spacial score (nSPS) is 13.0.